The average Bonchev–Trinajstić information content (AvgIpc) is 2.92. The second-order valence-electron chi connectivity index (χ2n) is 4.37. The molecular formula is C15H13N3O2. The lowest BCUT2D eigenvalue weighted by Gasteiger charge is -2.06. The van der Waals surface area contributed by atoms with Crippen LogP contribution < -0.4 is 5.73 Å². The zero-order chi connectivity index (χ0) is 14.1. The van der Waals surface area contributed by atoms with Gasteiger partial charge in [-0.1, -0.05) is 12.1 Å². The third-order valence-electron chi connectivity index (χ3n) is 3.15. The van der Waals surface area contributed by atoms with Crippen molar-refractivity contribution < 1.29 is 9.53 Å². The van der Waals surface area contributed by atoms with Gasteiger partial charge in [0.1, 0.15) is 11.8 Å². The molecule has 0 bridgehead atoms. The summed E-state index contributed by atoms with van der Waals surface area (Å²) in [6.45, 7) is 0. The van der Waals surface area contributed by atoms with Gasteiger partial charge in [-0.15, -0.1) is 0 Å². The molecule has 1 heterocycles. The lowest BCUT2D eigenvalue weighted by atomic mass is 10.2. The summed E-state index contributed by atoms with van der Waals surface area (Å²) in [5, 5.41) is 0. The van der Waals surface area contributed by atoms with Gasteiger partial charge in [-0.05, 0) is 30.3 Å². The number of carbonyl (C=O) groups is 1. The van der Waals surface area contributed by atoms with Crippen LogP contribution in [0.25, 0.3) is 16.7 Å². The molecule has 0 saturated carbocycles. The van der Waals surface area contributed by atoms with Crippen LogP contribution in [0.4, 0.5) is 5.69 Å². The first-order valence-corrected chi connectivity index (χ1v) is 6.11. The van der Waals surface area contributed by atoms with Crippen LogP contribution >= 0.6 is 0 Å². The van der Waals surface area contributed by atoms with Gasteiger partial charge in [-0.25, -0.2) is 9.78 Å². The number of anilines is 1. The molecule has 0 aliphatic heterocycles. The normalized spacial score (nSPS) is 10.7. The number of ether oxygens (including phenoxy) is 1. The molecule has 0 aliphatic carbocycles. The summed E-state index contributed by atoms with van der Waals surface area (Å²) in [5.74, 6) is -0.365. The Morgan fingerprint density at radius 2 is 2.05 bits per heavy atom. The van der Waals surface area contributed by atoms with Gasteiger partial charge in [0.2, 0.25) is 0 Å². The van der Waals surface area contributed by atoms with E-state index in [0.29, 0.717) is 11.3 Å². The van der Waals surface area contributed by atoms with Crippen molar-refractivity contribution >= 4 is 22.7 Å². The first kappa shape index (κ1) is 12.2. The Balaban J connectivity index is 2.16. The van der Waals surface area contributed by atoms with Crippen molar-refractivity contribution in [3.05, 3.63) is 54.4 Å². The maximum absolute atomic E-state index is 11.6. The van der Waals surface area contributed by atoms with E-state index >= 15 is 0 Å². The molecule has 3 aromatic rings. The number of imidazole rings is 1. The first-order valence-electron chi connectivity index (χ1n) is 6.11. The number of nitrogens with zero attached hydrogens (tertiary/aromatic N) is 2. The first-order chi connectivity index (χ1) is 9.70. The SMILES string of the molecule is COC(=O)c1cccc(-n2cnc3c(N)cccc32)c1. The maximum atomic E-state index is 11.6. The van der Waals surface area contributed by atoms with Gasteiger partial charge in [0, 0.05) is 5.69 Å². The summed E-state index contributed by atoms with van der Waals surface area (Å²) in [6.07, 6.45) is 1.69. The van der Waals surface area contributed by atoms with E-state index in [1.165, 1.54) is 7.11 Å². The van der Waals surface area contributed by atoms with Crippen molar-refractivity contribution in [2.75, 3.05) is 12.8 Å². The standard InChI is InChI=1S/C15H13N3O2/c1-20-15(19)10-4-2-5-11(8-10)18-9-17-14-12(16)6-3-7-13(14)18/h2-9H,16H2,1H3. The molecule has 2 aromatic carbocycles. The van der Waals surface area contributed by atoms with Gasteiger partial charge >= 0.3 is 5.97 Å². The van der Waals surface area contributed by atoms with Crippen LogP contribution in [-0.4, -0.2) is 22.6 Å². The minimum Gasteiger partial charge on any atom is -0.465 e. The highest BCUT2D eigenvalue weighted by molar-refractivity contribution is 5.91. The van der Waals surface area contributed by atoms with Gasteiger partial charge in [0.15, 0.2) is 0 Å². The molecule has 100 valence electrons. The van der Waals surface area contributed by atoms with Crippen LogP contribution in [0.1, 0.15) is 10.4 Å². The number of para-hydroxylation sites is 1. The summed E-state index contributed by atoms with van der Waals surface area (Å²) in [6, 6.07) is 12.8. The number of nitrogens with two attached hydrogens (primary N) is 1. The zero-order valence-corrected chi connectivity index (χ0v) is 10.9. The Hall–Kier alpha value is -2.82. The minimum absolute atomic E-state index is 0.365. The third kappa shape index (κ3) is 1.89. The highest BCUT2D eigenvalue weighted by Gasteiger charge is 2.10. The van der Waals surface area contributed by atoms with E-state index in [1.54, 1.807) is 24.5 Å². The fourth-order valence-corrected chi connectivity index (χ4v) is 2.17. The van der Waals surface area contributed by atoms with Crippen LogP contribution in [0.5, 0.6) is 0 Å². The number of methoxy groups -OCH3 is 1. The van der Waals surface area contributed by atoms with E-state index in [4.69, 9.17) is 10.5 Å². The smallest absolute Gasteiger partial charge is 0.337 e. The zero-order valence-electron chi connectivity index (χ0n) is 10.9. The van der Waals surface area contributed by atoms with Crippen molar-refractivity contribution in [3.8, 4) is 5.69 Å². The molecule has 0 fully saturated rings. The molecule has 5 heteroatoms. The number of aromatic nitrogens is 2. The predicted molar refractivity (Wildman–Crippen MR) is 76.8 cm³/mol. The molecular weight excluding hydrogens is 254 g/mol. The number of rotatable bonds is 2. The van der Waals surface area contributed by atoms with Crippen molar-refractivity contribution in [1.82, 2.24) is 9.55 Å². The molecule has 0 aliphatic rings. The van der Waals surface area contributed by atoms with Crippen molar-refractivity contribution in [2.24, 2.45) is 0 Å². The number of nitrogen functional groups attached to an aromatic ring is 1. The molecule has 0 saturated heterocycles. The van der Waals surface area contributed by atoms with Gasteiger partial charge in [0.25, 0.3) is 0 Å². The maximum Gasteiger partial charge on any atom is 0.337 e. The average molecular weight is 267 g/mol. The molecule has 20 heavy (non-hydrogen) atoms. The number of benzene rings is 2. The van der Waals surface area contributed by atoms with Crippen LogP contribution in [-0.2, 0) is 4.74 Å². The van der Waals surface area contributed by atoms with E-state index in [1.807, 2.05) is 28.8 Å². The highest BCUT2D eigenvalue weighted by atomic mass is 16.5. The van der Waals surface area contributed by atoms with Crippen molar-refractivity contribution in [1.29, 1.82) is 0 Å². The van der Waals surface area contributed by atoms with Gasteiger partial charge in [-0.3, -0.25) is 4.57 Å². The molecule has 1 aromatic heterocycles. The largest absolute Gasteiger partial charge is 0.465 e. The fourth-order valence-electron chi connectivity index (χ4n) is 2.17. The van der Waals surface area contributed by atoms with E-state index < -0.39 is 0 Å². The Labute approximate surface area is 115 Å². The number of hydrogen-bond donors (Lipinski definition) is 1. The van der Waals surface area contributed by atoms with Crippen LogP contribution in [0.15, 0.2) is 48.8 Å². The predicted octanol–water partition coefficient (Wildman–Crippen LogP) is 2.39. The van der Waals surface area contributed by atoms with Gasteiger partial charge < -0.3 is 10.5 Å². The summed E-state index contributed by atoms with van der Waals surface area (Å²) < 4.78 is 6.62. The summed E-state index contributed by atoms with van der Waals surface area (Å²) in [7, 11) is 1.36. The second kappa shape index (κ2) is 4.70. The molecule has 0 spiro atoms. The van der Waals surface area contributed by atoms with E-state index in [2.05, 4.69) is 4.98 Å². The van der Waals surface area contributed by atoms with E-state index in [0.717, 1.165) is 16.7 Å². The van der Waals surface area contributed by atoms with Crippen molar-refractivity contribution in [3.63, 3.8) is 0 Å². The van der Waals surface area contributed by atoms with Gasteiger partial charge in [-0.2, -0.15) is 0 Å². The minimum atomic E-state index is -0.365. The van der Waals surface area contributed by atoms with E-state index in [-0.39, 0.29) is 5.97 Å². The Kier molecular flexibility index (Phi) is 2.87. The Morgan fingerprint density at radius 1 is 1.25 bits per heavy atom. The molecule has 0 radical (unpaired) electrons. The van der Waals surface area contributed by atoms with Crippen LogP contribution in [0.3, 0.4) is 0 Å². The molecule has 5 nitrogen and oxygen atoms in total. The second-order valence-corrected chi connectivity index (χ2v) is 4.37. The Bertz CT molecular complexity index is 793. The third-order valence-corrected chi connectivity index (χ3v) is 3.15. The lowest BCUT2D eigenvalue weighted by molar-refractivity contribution is 0.0600. The lowest BCUT2D eigenvalue weighted by Crippen LogP contribution is -2.02. The molecule has 2 N–H and O–H groups in total. The summed E-state index contributed by atoms with van der Waals surface area (Å²) in [4.78, 5) is 15.9. The number of carbonyl (C=O) groups excluding carboxylic acids is 1. The quantitative estimate of drug-likeness (QED) is 0.571. The highest BCUT2D eigenvalue weighted by Crippen LogP contribution is 2.23. The monoisotopic (exact) mass is 267 g/mol. The number of esters is 1. The molecule has 0 unspecified atom stereocenters. The van der Waals surface area contributed by atoms with Crippen LogP contribution in [0.2, 0.25) is 0 Å². The topological polar surface area (TPSA) is 70.1 Å². The summed E-state index contributed by atoms with van der Waals surface area (Å²) >= 11 is 0. The van der Waals surface area contributed by atoms with Crippen molar-refractivity contribution in [2.45, 2.75) is 0 Å². The number of fused-ring (bicyclic) bond motifs is 1. The molecule has 3 rings (SSSR count). The number of hydrogen-bond acceptors (Lipinski definition) is 4. The summed E-state index contributed by atoms with van der Waals surface area (Å²) in [5.41, 5.74) is 9.50. The van der Waals surface area contributed by atoms with Gasteiger partial charge in [0.05, 0.1) is 23.9 Å². The molecule has 0 amide bonds. The van der Waals surface area contributed by atoms with Crippen LogP contribution in [0, 0.1) is 0 Å². The molecule has 0 atom stereocenters. The fraction of sp³-hybridized carbons (Fsp3) is 0.0667. The van der Waals surface area contributed by atoms with E-state index in [9.17, 15) is 4.79 Å². The Morgan fingerprint density at radius 3 is 2.85 bits per heavy atom.